The quantitative estimate of drug-likeness (QED) is 0.492. The van der Waals surface area contributed by atoms with Crippen molar-refractivity contribution in [3.8, 4) is 0 Å². The van der Waals surface area contributed by atoms with Crippen LogP contribution < -0.4 is 5.73 Å². The number of nitrogens with two attached hydrogens (primary N) is 1. The third kappa shape index (κ3) is 4.28. The molecule has 1 aromatic carbocycles. The predicted octanol–water partition coefficient (Wildman–Crippen LogP) is 1.71. The van der Waals surface area contributed by atoms with Crippen LogP contribution in [0.1, 0.15) is 10.4 Å². The summed E-state index contributed by atoms with van der Waals surface area (Å²) in [6.45, 7) is 0.989. The Bertz CT molecular complexity index is 394. The predicted molar refractivity (Wildman–Crippen MR) is 71.5 cm³/mol. The fourth-order valence-corrected chi connectivity index (χ4v) is 2.33. The molecule has 0 atom stereocenters. The molecule has 2 N–H and O–H groups in total. The minimum Gasteiger partial charge on any atom is -0.465 e. The van der Waals surface area contributed by atoms with Crippen molar-refractivity contribution in [2.75, 3.05) is 39.2 Å². The standard InChI is InChI=1S/C12H18N2O2S/c1-14(2)6-7-17-11-5-4-9(8-10(11)13)12(15)16-3/h4-5,8H,6-7,13H2,1-3H3. The molecule has 0 aliphatic heterocycles. The van der Waals surface area contributed by atoms with Gasteiger partial charge in [0.2, 0.25) is 0 Å². The first-order valence-electron chi connectivity index (χ1n) is 5.30. The maximum atomic E-state index is 11.3. The molecule has 0 fully saturated rings. The number of rotatable bonds is 5. The van der Waals surface area contributed by atoms with Gasteiger partial charge >= 0.3 is 5.97 Å². The van der Waals surface area contributed by atoms with Crippen molar-refractivity contribution in [1.82, 2.24) is 4.90 Å². The summed E-state index contributed by atoms with van der Waals surface area (Å²) in [6, 6.07) is 5.26. The summed E-state index contributed by atoms with van der Waals surface area (Å²) in [5.74, 6) is 0.607. The second kappa shape index (κ2) is 6.51. The minimum absolute atomic E-state index is 0.360. The van der Waals surface area contributed by atoms with Gasteiger partial charge in [-0.1, -0.05) is 0 Å². The molecule has 0 saturated heterocycles. The van der Waals surface area contributed by atoms with Gasteiger partial charge in [-0.05, 0) is 32.3 Å². The zero-order valence-electron chi connectivity index (χ0n) is 10.4. The number of anilines is 1. The molecule has 0 unspecified atom stereocenters. The van der Waals surface area contributed by atoms with E-state index in [1.165, 1.54) is 7.11 Å². The Kier molecular flexibility index (Phi) is 5.31. The van der Waals surface area contributed by atoms with Gasteiger partial charge in [0.1, 0.15) is 0 Å². The van der Waals surface area contributed by atoms with Gasteiger partial charge in [-0.2, -0.15) is 0 Å². The number of carbonyl (C=O) groups excluding carboxylic acids is 1. The van der Waals surface area contributed by atoms with E-state index in [4.69, 9.17) is 5.73 Å². The van der Waals surface area contributed by atoms with Gasteiger partial charge < -0.3 is 15.4 Å². The molecule has 0 amide bonds. The second-order valence-corrected chi connectivity index (χ2v) is 5.03. The van der Waals surface area contributed by atoms with E-state index in [0.717, 1.165) is 17.2 Å². The fourth-order valence-electron chi connectivity index (χ4n) is 1.26. The Hall–Kier alpha value is -1.20. The molecular weight excluding hydrogens is 236 g/mol. The van der Waals surface area contributed by atoms with Crippen LogP contribution in [-0.4, -0.2) is 44.4 Å². The summed E-state index contributed by atoms with van der Waals surface area (Å²) >= 11 is 1.68. The van der Waals surface area contributed by atoms with Crippen molar-refractivity contribution >= 4 is 23.4 Å². The summed E-state index contributed by atoms with van der Waals surface area (Å²) in [6.07, 6.45) is 0. The third-order valence-electron chi connectivity index (χ3n) is 2.23. The van der Waals surface area contributed by atoms with Crippen molar-refractivity contribution in [3.05, 3.63) is 23.8 Å². The Morgan fingerprint density at radius 3 is 2.71 bits per heavy atom. The zero-order chi connectivity index (χ0) is 12.8. The molecule has 0 saturated carbocycles. The number of thioether (sulfide) groups is 1. The summed E-state index contributed by atoms with van der Waals surface area (Å²) in [4.78, 5) is 14.4. The number of esters is 1. The SMILES string of the molecule is COC(=O)c1ccc(SCCN(C)C)c(N)c1. The van der Waals surface area contributed by atoms with Crippen molar-refractivity contribution in [3.63, 3.8) is 0 Å². The van der Waals surface area contributed by atoms with E-state index in [9.17, 15) is 4.79 Å². The monoisotopic (exact) mass is 254 g/mol. The van der Waals surface area contributed by atoms with Crippen LogP contribution in [0.15, 0.2) is 23.1 Å². The summed E-state index contributed by atoms with van der Waals surface area (Å²) in [5, 5.41) is 0. The molecule has 0 aliphatic rings. The lowest BCUT2D eigenvalue weighted by atomic mass is 10.2. The maximum absolute atomic E-state index is 11.3. The van der Waals surface area contributed by atoms with Crippen LogP contribution in [-0.2, 0) is 4.74 Å². The average Bonchev–Trinajstić information content (AvgIpc) is 2.29. The zero-order valence-corrected chi connectivity index (χ0v) is 11.2. The lowest BCUT2D eigenvalue weighted by molar-refractivity contribution is 0.0600. The van der Waals surface area contributed by atoms with Gasteiger partial charge in [-0.15, -0.1) is 11.8 Å². The van der Waals surface area contributed by atoms with Crippen molar-refractivity contribution in [2.45, 2.75) is 4.90 Å². The molecule has 1 rings (SSSR count). The molecule has 4 nitrogen and oxygen atoms in total. The number of benzene rings is 1. The van der Waals surface area contributed by atoms with E-state index in [-0.39, 0.29) is 5.97 Å². The highest BCUT2D eigenvalue weighted by Gasteiger charge is 2.08. The fraction of sp³-hybridized carbons (Fsp3) is 0.417. The Morgan fingerprint density at radius 2 is 2.18 bits per heavy atom. The minimum atomic E-state index is -0.360. The first-order chi connectivity index (χ1) is 8.04. The Morgan fingerprint density at radius 1 is 1.47 bits per heavy atom. The summed E-state index contributed by atoms with van der Waals surface area (Å²) in [5.41, 5.74) is 7.00. The van der Waals surface area contributed by atoms with Crippen molar-refractivity contribution in [2.24, 2.45) is 0 Å². The van der Waals surface area contributed by atoms with Crippen LogP contribution >= 0.6 is 11.8 Å². The van der Waals surface area contributed by atoms with Gasteiger partial charge in [-0.25, -0.2) is 4.79 Å². The molecule has 1 aromatic rings. The molecule has 17 heavy (non-hydrogen) atoms. The van der Waals surface area contributed by atoms with E-state index in [0.29, 0.717) is 11.3 Å². The Labute approximate surface area is 106 Å². The van der Waals surface area contributed by atoms with Gasteiger partial charge in [-0.3, -0.25) is 0 Å². The van der Waals surface area contributed by atoms with Crippen molar-refractivity contribution < 1.29 is 9.53 Å². The van der Waals surface area contributed by atoms with E-state index >= 15 is 0 Å². The lowest BCUT2D eigenvalue weighted by Gasteiger charge is -2.10. The van der Waals surface area contributed by atoms with Gasteiger partial charge in [0.05, 0.1) is 12.7 Å². The highest BCUT2D eigenvalue weighted by Crippen LogP contribution is 2.26. The summed E-state index contributed by atoms with van der Waals surface area (Å²) < 4.78 is 4.64. The second-order valence-electron chi connectivity index (χ2n) is 3.90. The lowest BCUT2D eigenvalue weighted by Crippen LogP contribution is -2.14. The molecule has 0 radical (unpaired) electrons. The van der Waals surface area contributed by atoms with E-state index in [1.54, 1.807) is 23.9 Å². The average molecular weight is 254 g/mol. The smallest absolute Gasteiger partial charge is 0.337 e. The topological polar surface area (TPSA) is 55.6 Å². The van der Waals surface area contributed by atoms with Crippen LogP contribution in [0.4, 0.5) is 5.69 Å². The van der Waals surface area contributed by atoms with Crippen LogP contribution in [0.3, 0.4) is 0 Å². The third-order valence-corrected chi connectivity index (χ3v) is 3.30. The molecular formula is C12H18N2O2S. The number of methoxy groups -OCH3 is 1. The van der Waals surface area contributed by atoms with Crippen LogP contribution in [0.25, 0.3) is 0 Å². The number of carbonyl (C=O) groups is 1. The highest BCUT2D eigenvalue weighted by molar-refractivity contribution is 7.99. The van der Waals surface area contributed by atoms with Gasteiger partial charge in [0.15, 0.2) is 0 Å². The van der Waals surface area contributed by atoms with Crippen LogP contribution in [0, 0.1) is 0 Å². The van der Waals surface area contributed by atoms with E-state index < -0.39 is 0 Å². The maximum Gasteiger partial charge on any atom is 0.337 e. The number of ether oxygens (including phenoxy) is 1. The first kappa shape index (κ1) is 13.9. The molecule has 0 heterocycles. The molecule has 0 aromatic heterocycles. The molecule has 0 aliphatic carbocycles. The molecule has 0 spiro atoms. The molecule has 94 valence electrons. The summed E-state index contributed by atoms with van der Waals surface area (Å²) in [7, 11) is 5.42. The van der Waals surface area contributed by atoms with Crippen LogP contribution in [0.5, 0.6) is 0 Å². The largest absolute Gasteiger partial charge is 0.465 e. The number of hydrogen-bond donors (Lipinski definition) is 1. The van der Waals surface area contributed by atoms with Gasteiger partial charge in [0.25, 0.3) is 0 Å². The van der Waals surface area contributed by atoms with Gasteiger partial charge in [0, 0.05) is 22.9 Å². The number of nitrogens with zero attached hydrogens (tertiary/aromatic N) is 1. The van der Waals surface area contributed by atoms with Crippen LogP contribution in [0.2, 0.25) is 0 Å². The molecule has 5 heteroatoms. The highest BCUT2D eigenvalue weighted by atomic mass is 32.2. The number of nitrogen functional groups attached to an aromatic ring is 1. The number of hydrogen-bond acceptors (Lipinski definition) is 5. The normalized spacial score (nSPS) is 10.6. The Balaban J connectivity index is 2.66. The first-order valence-corrected chi connectivity index (χ1v) is 6.28. The van der Waals surface area contributed by atoms with Crippen molar-refractivity contribution in [1.29, 1.82) is 0 Å². The van der Waals surface area contributed by atoms with E-state index in [2.05, 4.69) is 9.64 Å². The van der Waals surface area contributed by atoms with E-state index in [1.807, 2.05) is 20.2 Å². The molecule has 0 bridgehead atoms.